The molecule has 2 N–H and O–H groups in total. The van der Waals surface area contributed by atoms with Crippen LogP contribution in [-0.2, 0) is 0 Å². The van der Waals surface area contributed by atoms with Crippen LogP contribution in [0.4, 0.5) is 0 Å². The Bertz CT molecular complexity index is 951. The molecule has 0 aliphatic carbocycles. The highest BCUT2D eigenvalue weighted by molar-refractivity contribution is 6.06. The number of H-pyrrole nitrogens is 2. The summed E-state index contributed by atoms with van der Waals surface area (Å²) in [4.78, 5) is 21.0. The molecule has 0 fully saturated rings. The highest BCUT2D eigenvalue weighted by Gasteiger charge is 2.10. The van der Waals surface area contributed by atoms with Crippen LogP contribution in [0.1, 0.15) is 0 Å². The van der Waals surface area contributed by atoms with Crippen LogP contribution >= 0.6 is 0 Å². The Morgan fingerprint density at radius 1 is 1.17 bits per heavy atom. The Kier molecular flexibility index (Phi) is 1.64. The molecule has 18 heavy (non-hydrogen) atoms. The van der Waals surface area contributed by atoms with Crippen molar-refractivity contribution in [3.8, 4) is 0 Å². The second-order valence-electron chi connectivity index (χ2n) is 4.15. The SMILES string of the molecule is O=c1c2cccnc2nc2ccc3c[nH][nH]c3c12. The van der Waals surface area contributed by atoms with Crippen LogP contribution < -0.4 is 5.43 Å². The molecule has 0 saturated heterocycles. The fourth-order valence-electron chi connectivity index (χ4n) is 2.28. The van der Waals surface area contributed by atoms with Crippen LogP contribution in [0.5, 0.6) is 0 Å². The lowest BCUT2D eigenvalue weighted by molar-refractivity contribution is 1.12. The fraction of sp³-hybridized carbons (Fsp3) is 0. The number of nitrogens with zero attached hydrogens (tertiary/aromatic N) is 2. The number of rotatable bonds is 0. The molecule has 0 saturated carbocycles. The molecule has 0 spiro atoms. The second kappa shape index (κ2) is 3.16. The van der Waals surface area contributed by atoms with Gasteiger partial charge in [0.15, 0.2) is 5.65 Å². The zero-order valence-electron chi connectivity index (χ0n) is 9.27. The van der Waals surface area contributed by atoms with Crippen molar-refractivity contribution >= 4 is 32.8 Å². The minimum atomic E-state index is -0.0375. The molecule has 0 atom stereocenters. The molecule has 0 aliphatic heterocycles. The van der Waals surface area contributed by atoms with Crippen LogP contribution in [-0.4, -0.2) is 20.2 Å². The monoisotopic (exact) mass is 236 g/mol. The van der Waals surface area contributed by atoms with Crippen molar-refractivity contribution in [2.24, 2.45) is 0 Å². The predicted molar refractivity (Wildman–Crippen MR) is 69.5 cm³/mol. The van der Waals surface area contributed by atoms with Crippen molar-refractivity contribution in [1.29, 1.82) is 0 Å². The Labute approximate surface area is 100 Å². The Morgan fingerprint density at radius 2 is 2.11 bits per heavy atom. The molecule has 4 aromatic rings. The van der Waals surface area contributed by atoms with E-state index < -0.39 is 0 Å². The molecular weight excluding hydrogens is 228 g/mol. The lowest BCUT2D eigenvalue weighted by atomic mass is 10.1. The van der Waals surface area contributed by atoms with E-state index in [0.717, 1.165) is 10.9 Å². The summed E-state index contributed by atoms with van der Waals surface area (Å²) in [5.41, 5.74) is 1.90. The van der Waals surface area contributed by atoms with Crippen LogP contribution in [0, 0.1) is 0 Å². The smallest absolute Gasteiger partial charge is 0.201 e. The maximum atomic E-state index is 12.5. The number of pyridine rings is 2. The molecule has 86 valence electrons. The van der Waals surface area contributed by atoms with Crippen molar-refractivity contribution in [3.63, 3.8) is 0 Å². The van der Waals surface area contributed by atoms with E-state index in [-0.39, 0.29) is 5.43 Å². The summed E-state index contributed by atoms with van der Waals surface area (Å²) in [5, 5.41) is 8.00. The third kappa shape index (κ3) is 1.08. The van der Waals surface area contributed by atoms with E-state index in [9.17, 15) is 4.79 Å². The summed E-state index contributed by atoms with van der Waals surface area (Å²) >= 11 is 0. The van der Waals surface area contributed by atoms with Gasteiger partial charge >= 0.3 is 0 Å². The van der Waals surface area contributed by atoms with Crippen LogP contribution in [0.2, 0.25) is 0 Å². The molecule has 5 heteroatoms. The number of hydrogen-bond donors (Lipinski definition) is 2. The van der Waals surface area contributed by atoms with Gasteiger partial charge in [0.2, 0.25) is 5.43 Å². The lowest BCUT2D eigenvalue weighted by Crippen LogP contribution is -2.05. The second-order valence-corrected chi connectivity index (χ2v) is 4.15. The molecule has 3 heterocycles. The van der Waals surface area contributed by atoms with E-state index in [1.54, 1.807) is 18.3 Å². The van der Waals surface area contributed by atoms with Gasteiger partial charge in [-0.2, -0.15) is 0 Å². The van der Waals surface area contributed by atoms with E-state index in [0.29, 0.717) is 21.9 Å². The topological polar surface area (TPSA) is 74.4 Å². The van der Waals surface area contributed by atoms with Gasteiger partial charge in [-0.1, -0.05) is 0 Å². The summed E-state index contributed by atoms with van der Waals surface area (Å²) in [6.45, 7) is 0. The summed E-state index contributed by atoms with van der Waals surface area (Å²) < 4.78 is 0. The molecule has 4 rings (SSSR count). The first kappa shape index (κ1) is 9.35. The molecule has 0 amide bonds. The van der Waals surface area contributed by atoms with Gasteiger partial charge in [-0.05, 0) is 24.3 Å². The third-order valence-corrected chi connectivity index (χ3v) is 3.13. The Morgan fingerprint density at radius 3 is 3.06 bits per heavy atom. The Balaban J connectivity index is 2.40. The maximum Gasteiger partial charge on any atom is 0.201 e. The van der Waals surface area contributed by atoms with Gasteiger partial charge in [0, 0.05) is 17.8 Å². The Hall–Kier alpha value is -2.69. The molecule has 1 aromatic carbocycles. The van der Waals surface area contributed by atoms with Gasteiger partial charge in [-0.3, -0.25) is 9.89 Å². The van der Waals surface area contributed by atoms with E-state index in [2.05, 4.69) is 20.2 Å². The third-order valence-electron chi connectivity index (χ3n) is 3.13. The van der Waals surface area contributed by atoms with E-state index in [1.807, 2.05) is 18.3 Å². The number of hydrogen-bond acceptors (Lipinski definition) is 3. The molecular formula is C13H8N4O. The summed E-state index contributed by atoms with van der Waals surface area (Å²) in [6.07, 6.45) is 3.46. The number of nitrogens with one attached hydrogen (secondary N) is 2. The normalized spacial score (nSPS) is 11.6. The summed E-state index contributed by atoms with van der Waals surface area (Å²) in [6, 6.07) is 7.27. The highest BCUT2D eigenvalue weighted by atomic mass is 16.1. The van der Waals surface area contributed by atoms with Crippen molar-refractivity contribution in [2.75, 3.05) is 0 Å². The molecule has 0 bridgehead atoms. The molecule has 3 aromatic heterocycles. The number of aromatic amines is 2. The number of aromatic nitrogens is 4. The lowest BCUT2D eigenvalue weighted by Gasteiger charge is -2.00. The standard InChI is InChI=1S/C13H8N4O/c18-12-8-2-1-5-14-13(8)16-9-4-3-7-6-15-17-11(7)10(9)12/h1-6,15,17H. The van der Waals surface area contributed by atoms with Gasteiger partial charge in [0.05, 0.1) is 21.8 Å². The van der Waals surface area contributed by atoms with Crippen LogP contribution in [0.15, 0.2) is 41.5 Å². The molecule has 0 aliphatic rings. The van der Waals surface area contributed by atoms with E-state index in [1.165, 1.54) is 0 Å². The molecule has 0 radical (unpaired) electrons. The minimum Gasteiger partial charge on any atom is -0.307 e. The molecule has 0 unspecified atom stereocenters. The van der Waals surface area contributed by atoms with Gasteiger partial charge in [0.1, 0.15) is 0 Å². The van der Waals surface area contributed by atoms with E-state index in [4.69, 9.17) is 0 Å². The van der Waals surface area contributed by atoms with Crippen molar-refractivity contribution in [1.82, 2.24) is 20.2 Å². The fourth-order valence-corrected chi connectivity index (χ4v) is 2.28. The van der Waals surface area contributed by atoms with Crippen molar-refractivity contribution < 1.29 is 0 Å². The zero-order valence-corrected chi connectivity index (χ0v) is 9.27. The average Bonchev–Trinajstić information content (AvgIpc) is 2.87. The van der Waals surface area contributed by atoms with Crippen molar-refractivity contribution in [3.05, 3.63) is 46.9 Å². The highest BCUT2D eigenvalue weighted by Crippen LogP contribution is 2.20. The zero-order chi connectivity index (χ0) is 12.1. The minimum absolute atomic E-state index is 0.0375. The van der Waals surface area contributed by atoms with Gasteiger partial charge in [-0.25, -0.2) is 9.97 Å². The summed E-state index contributed by atoms with van der Waals surface area (Å²) in [7, 11) is 0. The van der Waals surface area contributed by atoms with Gasteiger partial charge in [-0.15, -0.1) is 0 Å². The quantitative estimate of drug-likeness (QED) is 0.458. The first-order valence-electron chi connectivity index (χ1n) is 5.58. The first-order chi connectivity index (χ1) is 8.84. The summed E-state index contributed by atoms with van der Waals surface area (Å²) in [5.74, 6) is 0. The number of benzene rings is 1. The van der Waals surface area contributed by atoms with Crippen LogP contribution in [0.25, 0.3) is 32.8 Å². The van der Waals surface area contributed by atoms with Crippen LogP contribution in [0.3, 0.4) is 0 Å². The molecule has 5 nitrogen and oxygen atoms in total. The first-order valence-corrected chi connectivity index (χ1v) is 5.58. The van der Waals surface area contributed by atoms with E-state index >= 15 is 0 Å². The predicted octanol–water partition coefficient (Wildman–Crippen LogP) is 1.95. The maximum absolute atomic E-state index is 12.5. The van der Waals surface area contributed by atoms with Gasteiger partial charge < -0.3 is 5.10 Å². The van der Waals surface area contributed by atoms with Gasteiger partial charge in [0.25, 0.3) is 0 Å². The van der Waals surface area contributed by atoms with Crippen molar-refractivity contribution in [2.45, 2.75) is 0 Å². The average molecular weight is 236 g/mol. The number of fused-ring (bicyclic) bond motifs is 4. The largest absolute Gasteiger partial charge is 0.307 e.